The standard InChI is InChI=1S/C19H22N4O2S/c1-25-17-5-4-15(10-22-17)18(24)23-12-19(13-23)7-16(11-26-19)21-9-14-3-2-6-20-8-14/h2-6,8,10,16,21H,7,9,11-13H2,1H3. The van der Waals surface area contributed by atoms with Crippen LogP contribution in [0.5, 0.6) is 5.88 Å². The van der Waals surface area contributed by atoms with Gasteiger partial charge in [-0.2, -0.15) is 0 Å². The average molecular weight is 370 g/mol. The van der Waals surface area contributed by atoms with Crippen LogP contribution in [0.3, 0.4) is 0 Å². The van der Waals surface area contributed by atoms with Crippen molar-refractivity contribution in [2.45, 2.75) is 23.8 Å². The number of ether oxygens (including phenoxy) is 1. The molecule has 0 saturated carbocycles. The molecule has 2 aliphatic rings. The number of hydrogen-bond donors (Lipinski definition) is 1. The maximum atomic E-state index is 12.6. The summed E-state index contributed by atoms with van der Waals surface area (Å²) in [5.74, 6) is 1.67. The Kier molecular flexibility index (Phi) is 4.82. The molecular formula is C19H22N4O2S. The number of pyridine rings is 2. The van der Waals surface area contributed by atoms with Crippen molar-refractivity contribution in [3.05, 3.63) is 54.0 Å². The van der Waals surface area contributed by atoms with Crippen molar-refractivity contribution in [3.8, 4) is 5.88 Å². The first-order valence-corrected chi connectivity index (χ1v) is 9.72. The number of likely N-dealkylation sites (tertiary alicyclic amines) is 1. The minimum atomic E-state index is 0.0538. The zero-order valence-electron chi connectivity index (χ0n) is 14.7. The minimum Gasteiger partial charge on any atom is -0.481 e. The largest absolute Gasteiger partial charge is 0.481 e. The van der Waals surface area contributed by atoms with Gasteiger partial charge in [0.05, 0.1) is 17.4 Å². The highest BCUT2D eigenvalue weighted by Crippen LogP contribution is 2.45. The van der Waals surface area contributed by atoms with Crippen molar-refractivity contribution < 1.29 is 9.53 Å². The second-order valence-corrected chi connectivity index (χ2v) is 8.38. The van der Waals surface area contributed by atoms with Crippen molar-refractivity contribution in [2.75, 3.05) is 26.0 Å². The summed E-state index contributed by atoms with van der Waals surface area (Å²) >= 11 is 1.99. The van der Waals surface area contributed by atoms with Crippen LogP contribution in [0.1, 0.15) is 22.3 Å². The second-order valence-electron chi connectivity index (χ2n) is 6.89. The molecule has 7 heteroatoms. The van der Waals surface area contributed by atoms with Gasteiger partial charge in [-0.25, -0.2) is 4.98 Å². The van der Waals surface area contributed by atoms with E-state index < -0.39 is 0 Å². The summed E-state index contributed by atoms with van der Waals surface area (Å²) < 4.78 is 5.25. The Morgan fingerprint density at radius 3 is 2.96 bits per heavy atom. The zero-order valence-corrected chi connectivity index (χ0v) is 15.5. The van der Waals surface area contributed by atoms with Gasteiger partial charge in [0.2, 0.25) is 5.88 Å². The van der Waals surface area contributed by atoms with E-state index in [0.717, 1.165) is 31.8 Å². The molecule has 1 atom stereocenters. The second kappa shape index (κ2) is 7.25. The molecule has 136 valence electrons. The van der Waals surface area contributed by atoms with Gasteiger partial charge < -0.3 is 15.0 Å². The number of rotatable bonds is 5. The van der Waals surface area contributed by atoms with Crippen LogP contribution >= 0.6 is 11.8 Å². The van der Waals surface area contributed by atoms with Gasteiger partial charge in [-0.1, -0.05) is 6.07 Å². The third kappa shape index (κ3) is 3.54. The van der Waals surface area contributed by atoms with E-state index in [1.54, 1.807) is 31.6 Å². The van der Waals surface area contributed by atoms with Crippen LogP contribution in [0, 0.1) is 0 Å². The highest BCUT2D eigenvalue weighted by atomic mass is 32.2. The molecule has 0 bridgehead atoms. The molecule has 6 nitrogen and oxygen atoms in total. The quantitative estimate of drug-likeness (QED) is 0.868. The molecule has 26 heavy (non-hydrogen) atoms. The molecule has 0 aliphatic carbocycles. The minimum absolute atomic E-state index is 0.0538. The number of methoxy groups -OCH3 is 1. The summed E-state index contributed by atoms with van der Waals surface area (Å²) in [6.45, 7) is 2.47. The van der Waals surface area contributed by atoms with Crippen LogP contribution in [0.25, 0.3) is 0 Å². The van der Waals surface area contributed by atoms with Crippen LogP contribution in [0.2, 0.25) is 0 Å². The molecule has 0 aromatic carbocycles. The first-order chi connectivity index (χ1) is 12.7. The first-order valence-electron chi connectivity index (χ1n) is 8.73. The molecule has 1 unspecified atom stereocenters. The number of nitrogens with zero attached hydrogens (tertiary/aromatic N) is 3. The van der Waals surface area contributed by atoms with Gasteiger partial charge in [-0.3, -0.25) is 9.78 Å². The topological polar surface area (TPSA) is 67.3 Å². The number of carbonyl (C=O) groups is 1. The van der Waals surface area contributed by atoms with Crippen LogP contribution in [-0.2, 0) is 6.54 Å². The molecule has 1 amide bonds. The van der Waals surface area contributed by atoms with Crippen LogP contribution in [0.15, 0.2) is 42.9 Å². The summed E-state index contributed by atoms with van der Waals surface area (Å²) in [7, 11) is 1.57. The lowest BCUT2D eigenvalue weighted by Gasteiger charge is -2.47. The smallest absolute Gasteiger partial charge is 0.255 e. The Morgan fingerprint density at radius 2 is 2.27 bits per heavy atom. The van der Waals surface area contributed by atoms with Crippen molar-refractivity contribution in [1.29, 1.82) is 0 Å². The van der Waals surface area contributed by atoms with Gasteiger partial charge in [0.15, 0.2) is 0 Å². The highest BCUT2D eigenvalue weighted by molar-refractivity contribution is 8.01. The molecule has 2 aliphatic heterocycles. The molecule has 2 fully saturated rings. The van der Waals surface area contributed by atoms with E-state index in [-0.39, 0.29) is 10.7 Å². The first kappa shape index (κ1) is 17.3. The lowest BCUT2D eigenvalue weighted by molar-refractivity contribution is 0.0551. The van der Waals surface area contributed by atoms with Crippen LogP contribution < -0.4 is 10.1 Å². The van der Waals surface area contributed by atoms with E-state index in [9.17, 15) is 4.79 Å². The van der Waals surface area contributed by atoms with E-state index in [1.165, 1.54) is 5.56 Å². The maximum Gasteiger partial charge on any atom is 0.255 e. The third-order valence-corrected chi connectivity index (χ3v) is 6.57. The number of aromatic nitrogens is 2. The van der Waals surface area contributed by atoms with E-state index in [0.29, 0.717) is 17.5 Å². The number of amides is 1. The van der Waals surface area contributed by atoms with Gasteiger partial charge in [-0.05, 0) is 24.1 Å². The van der Waals surface area contributed by atoms with Crippen molar-refractivity contribution >= 4 is 17.7 Å². The van der Waals surface area contributed by atoms with Gasteiger partial charge >= 0.3 is 0 Å². The molecule has 2 aromatic heterocycles. The molecule has 1 spiro atoms. The molecular weight excluding hydrogens is 348 g/mol. The third-order valence-electron chi connectivity index (χ3n) is 4.96. The summed E-state index contributed by atoms with van der Waals surface area (Å²) in [5, 5.41) is 3.62. The van der Waals surface area contributed by atoms with E-state index >= 15 is 0 Å². The Morgan fingerprint density at radius 1 is 1.38 bits per heavy atom. The molecule has 4 rings (SSSR count). The summed E-state index contributed by atoms with van der Waals surface area (Å²) in [6, 6.07) is 8.04. The molecule has 0 radical (unpaired) electrons. The predicted molar refractivity (Wildman–Crippen MR) is 101 cm³/mol. The highest BCUT2D eigenvalue weighted by Gasteiger charge is 2.50. The Labute approximate surface area is 157 Å². The van der Waals surface area contributed by atoms with E-state index in [4.69, 9.17) is 4.74 Å². The van der Waals surface area contributed by atoms with E-state index in [2.05, 4.69) is 21.4 Å². The summed E-state index contributed by atoms with van der Waals surface area (Å²) in [6.07, 6.45) is 6.38. The fourth-order valence-electron chi connectivity index (χ4n) is 3.56. The zero-order chi connectivity index (χ0) is 18.0. The lowest BCUT2D eigenvalue weighted by atomic mass is 9.91. The Hall–Kier alpha value is -2.12. The number of hydrogen-bond acceptors (Lipinski definition) is 6. The van der Waals surface area contributed by atoms with Crippen LogP contribution in [0.4, 0.5) is 0 Å². The average Bonchev–Trinajstić information content (AvgIpc) is 3.10. The molecule has 2 saturated heterocycles. The van der Waals surface area contributed by atoms with Gasteiger partial charge in [-0.15, -0.1) is 11.8 Å². The van der Waals surface area contributed by atoms with Crippen molar-refractivity contribution in [2.24, 2.45) is 0 Å². The summed E-state index contributed by atoms with van der Waals surface area (Å²) in [5.41, 5.74) is 1.82. The monoisotopic (exact) mass is 370 g/mol. The van der Waals surface area contributed by atoms with Gasteiger partial charge in [0.25, 0.3) is 5.91 Å². The van der Waals surface area contributed by atoms with Gasteiger partial charge in [0, 0.05) is 56.1 Å². The van der Waals surface area contributed by atoms with Crippen molar-refractivity contribution in [1.82, 2.24) is 20.2 Å². The fraction of sp³-hybridized carbons (Fsp3) is 0.421. The van der Waals surface area contributed by atoms with Crippen molar-refractivity contribution in [3.63, 3.8) is 0 Å². The Balaban J connectivity index is 1.28. The van der Waals surface area contributed by atoms with E-state index in [1.807, 2.05) is 28.9 Å². The fourth-order valence-corrected chi connectivity index (χ4v) is 5.17. The molecule has 1 N–H and O–H groups in total. The number of thioether (sulfide) groups is 1. The maximum absolute atomic E-state index is 12.6. The normalized spacial score (nSPS) is 20.8. The molecule has 4 heterocycles. The lowest BCUT2D eigenvalue weighted by Crippen LogP contribution is -2.61. The number of nitrogens with one attached hydrogen (secondary N) is 1. The molecule has 2 aromatic rings. The predicted octanol–water partition coefficient (Wildman–Crippen LogP) is 1.98. The van der Waals surface area contributed by atoms with Crippen LogP contribution in [-0.4, -0.2) is 57.5 Å². The number of carbonyl (C=O) groups excluding carboxylic acids is 1. The SMILES string of the molecule is COc1ccc(C(=O)N2CC3(CC(NCc4cccnc4)CS3)C2)cn1. The van der Waals surface area contributed by atoms with Gasteiger partial charge in [0.1, 0.15) is 0 Å². The Bertz CT molecular complexity index is 763. The summed E-state index contributed by atoms with van der Waals surface area (Å²) in [4.78, 5) is 22.8.